The summed E-state index contributed by atoms with van der Waals surface area (Å²) in [5, 5.41) is 5.75. The molecule has 1 unspecified atom stereocenters. The first-order chi connectivity index (χ1) is 11.9. The van der Waals surface area contributed by atoms with Gasteiger partial charge in [-0.2, -0.15) is 0 Å². The second-order valence-corrected chi connectivity index (χ2v) is 7.99. The van der Waals surface area contributed by atoms with Gasteiger partial charge in [0.05, 0.1) is 0 Å². The van der Waals surface area contributed by atoms with Gasteiger partial charge in [0.15, 0.2) is 0 Å². The number of benzene rings is 3. The van der Waals surface area contributed by atoms with Crippen molar-refractivity contribution in [3.05, 3.63) is 59.7 Å². The Labute approximate surface area is 144 Å². The van der Waals surface area contributed by atoms with Gasteiger partial charge in [0.2, 0.25) is 0 Å². The van der Waals surface area contributed by atoms with Gasteiger partial charge in [-0.15, -0.1) is 0 Å². The second kappa shape index (κ2) is 5.92. The summed E-state index contributed by atoms with van der Waals surface area (Å²) in [5.41, 5.74) is 3.28. The average molecular weight is 314 g/mol. The van der Waals surface area contributed by atoms with E-state index in [0.29, 0.717) is 0 Å². The highest BCUT2D eigenvalue weighted by Gasteiger charge is 2.28. The predicted octanol–water partition coefficient (Wildman–Crippen LogP) is 6.68. The minimum atomic E-state index is 0.926. The van der Waals surface area contributed by atoms with Gasteiger partial charge in [0, 0.05) is 0 Å². The van der Waals surface area contributed by atoms with E-state index in [4.69, 9.17) is 0 Å². The third-order valence-electron chi connectivity index (χ3n) is 6.70. The normalized spacial score (nSPS) is 21.9. The second-order valence-electron chi connectivity index (χ2n) is 7.99. The zero-order valence-electron chi connectivity index (χ0n) is 14.4. The van der Waals surface area contributed by atoms with Crippen molar-refractivity contribution in [3.8, 4) is 0 Å². The minimum Gasteiger partial charge on any atom is -0.0616 e. The van der Waals surface area contributed by atoms with E-state index in [1.165, 1.54) is 72.9 Å². The van der Waals surface area contributed by atoms with Crippen molar-refractivity contribution in [2.24, 2.45) is 11.8 Å². The number of fused-ring (bicyclic) bond motifs is 5. The van der Waals surface area contributed by atoms with Crippen LogP contribution in [0.25, 0.3) is 21.5 Å². The zero-order valence-corrected chi connectivity index (χ0v) is 14.4. The van der Waals surface area contributed by atoms with Gasteiger partial charge < -0.3 is 0 Å². The molecule has 0 bridgehead atoms. The van der Waals surface area contributed by atoms with Crippen molar-refractivity contribution in [1.29, 1.82) is 0 Å². The Kier molecular flexibility index (Phi) is 3.58. The molecule has 0 aromatic heterocycles. The first-order valence-corrected chi connectivity index (χ1v) is 9.82. The third kappa shape index (κ3) is 2.35. The van der Waals surface area contributed by atoms with Crippen molar-refractivity contribution in [3.63, 3.8) is 0 Å². The summed E-state index contributed by atoms with van der Waals surface area (Å²) in [7, 11) is 0. The Morgan fingerprint density at radius 2 is 1.46 bits per heavy atom. The molecule has 0 heterocycles. The molecule has 0 aliphatic heterocycles. The molecule has 0 nitrogen and oxygen atoms in total. The van der Waals surface area contributed by atoms with Crippen molar-refractivity contribution >= 4 is 21.5 Å². The molecule has 2 aliphatic rings. The van der Waals surface area contributed by atoms with Crippen LogP contribution in [0.1, 0.15) is 49.7 Å². The summed E-state index contributed by atoms with van der Waals surface area (Å²) in [6.07, 6.45) is 11.4. The van der Waals surface area contributed by atoms with Crippen molar-refractivity contribution < 1.29 is 0 Å². The fourth-order valence-electron chi connectivity index (χ4n) is 5.38. The molecule has 3 aromatic rings. The lowest BCUT2D eigenvalue weighted by atomic mass is 9.71. The van der Waals surface area contributed by atoms with Crippen LogP contribution in [0.15, 0.2) is 48.5 Å². The van der Waals surface area contributed by atoms with Crippen molar-refractivity contribution in [2.45, 2.75) is 51.4 Å². The summed E-state index contributed by atoms with van der Waals surface area (Å²) in [6.45, 7) is 0. The van der Waals surface area contributed by atoms with Crippen LogP contribution in [-0.2, 0) is 12.8 Å². The number of hydrogen-bond acceptors (Lipinski definition) is 0. The van der Waals surface area contributed by atoms with E-state index in [2.05, 4.69) is 48.5 Å². The van der Waals surface area contributed by atoms with Crippen LogP contribution in [0, 0.1) is 11.8 Å². The minimum absolute atomic E-state index is 0.926. The Morgan fingerprint density at radius 1 is 0.625 bits per heavy atom. The largest absolute Gasteiger partial charge is 0.0616 e. The highest BCUT2D eigenvalue weighted by molar-refractivity contribution is 6.08. The Bertz CT molecular complexity index is 883. The number of hydrogen-bond donors (Lipinski definition) is 0. The van der Waals surface area contributed by atoms with Crippen LogP contribution in [0.2, 0.25) is 0 Å². The molecule has 5 rings (SSSR count). The molecule has 3 aromatic carbocycles. The molecule has 1 saturated carbocycles. The van der Waals surface area contributed by atoms with Gasteiger partial charge in [-0.1, -0.05) is 80.6 Å². The maximum Gasteiger partial charge on any atom is -0.0102 e. The molecule has 0 amide bonds. The maximum atomic E-state index is 2.42. The highest BCUT2D eigenvalue weighted by Crippen LogP contribution is 2.40. The molecule has 0 spiro atoms. The van der Waals surface area contributed by atoms with Crippen LogP contribution in [0.3, 0.4) is 0 Å². The Hall–Kier alpha value is -1.82. The van der Waals surface area contributed by atoms with Gasteiger partial charge in [0.1, 0.15) is 0 Å². The molecular formula is C24H26. The fourth-order valence-corrected chi connectivity index (χ4v) is 5.38. The zero-order chi connectivity index (χ0) is 15.9. The summed E-state index contributed by atoms with van der Waals surface area (Å²) in [6, 6.07) is 18.3. The van der Waals surface area contributed by atoms with E-state index in [9.17, 15) is 0 Å². The molecule has 1 atom stereocenters. The standard InChI is InChI=1S/C24H26/c1-2-6-17(7-3-1)20-11-10-19-13-14-22-21-9-5-4-8-18(21)12-15-23(22)24(19)16-20/h4-5,8-9,12-15,17,20H,1-3,6-7,10-11,16H2. The molecule has 1 fully saturated rings. The van der Waals surface area contributed by atoms with Crippen molar-refractivity contribution in [1.82, 2.24) is 0 Å². The quantitative estimate of drug-likeness (QED) is 0.439. The van der Waals surface area contributed by atoms with E-state index in [-0.39, 0.29) is 0 Å². The van der Waals surface area contributed by atoms with Crippen LogP contribution in [0.5, 0.6) is 0 Å². The topological polar surface area (TPSA) is 0 Å². The molecule has 2 aliphatic carbocycles. The van der Waals surface area contributed by atoms with Gasteiger partial charge in [0.25, 0.3) is 0 Å². The first kappa shape index (κ1) is 14.5. The molecule has 0 N–H and O–H groups in total. The lowest BCUT2D eigenvalue weighted by Crippen LogP contribution is -2.24. The molecule has 0 heteroatoms. The van der Waals surface area contributed by atoms with Gasteiger partial charge >= 0.3 is 0 Å². The maximum absolute atomic E-state index is 2.42. The van der Waals surface area contributed by atoms with E-state index in [0.717, 1.165) is 11.8 Å². The predicted molar refractivity (Wildman–Crippen MR) is 104 cm³/mol. The lowest BCUT2D eigenvalue weighted by Gasteiger charge is -2.34. The van der Waals surface area contributed by atoms with Gasteiger partial charge in [-0.3, -0.25) is 0 Å². The van der Waals surface area contributed by atoms with Crippen molar-refractivity contribution in [2.75, 3.05) is 0 Å². The summed E-state index contributed by atoms with van der Waals surface area (Å²) < 4.78 is 0. The molecular weight excluding hydrogens is 288 g/mol. The Morgan fingerprint density at radius 3 is 2.38 bits per heavy atom. The van der Waals surface area contributed by atoms with Gasteiger partial charge in [-0.05, 0) is 63.8 Å². The average Bonchev–Trinajstić information content (AvgIpc) is 2.67. The smallest absolute Gasteiger partial charge is 0.0102 e. The van der Waals surface area contributed by atoms with Crippen LogP contribution in [-0.4, -0.2) is 0 Å². The summed E-state index contributed by atoms with van der Waals surface area (Å²) >= 11 is 0. The fraction of sp³-hybridized carbons (Fsp3) is 0.417. The van der Waals surface area contributed by atoms with E-state index < -0.39 is 0 Å². The molecule has 0 saturated heterocycles. The third-order valence-corrected chi connectivity index (χ3v) is 6.70. The van der Waals surface area contributed by atoms with E-state index in [1.54, 1.807) is 11.1 Å². The molecule has 122 valence electrons. The van der Waals surface area contributed by atoms with E-state index in [1.807, 2.05) is 0 Å². The van der Waals surface area contributed by atoms with Crippen LogP contribution < -0.4 is 0 Å². The number of aryl methyl sites for hydroxylation is 1. The summed E-state index contributed by atoms with van der Waals surface area (Å²) in [4.78, 5) is 0. The lowest BCUT2D eigenvalue weighted by molar-refractivity contribution is 0.228. The van der Waals surface area contributed by atoms with Gasteiger partial charge in [-0.25, -0.2) is 0 Å². The monoisotopic (exact) mass is 314 g/mol. The summed E-state index contributed by atoms with van der Waals surface area (Å²) in [5.74, 6) is 1.91. The molecule has 0 radical (unpaired) electrons. The van der Waals surface area contributed by atoms with E-state index >= 15 is 0 Å². The first-order valence-electron chi connectivity index (χ1n) is 9.82. The SMILES string of the molecule is c1ccc2c(c1)ccc1c3c(ccc12)CCC(C1CCCCC1)C3. The Balaban J connectivity index is 1.60. The highest BCUT2D eigenvalue weighted by atomic mass is 14.3. The van der Waals surface area contributed by atoms with Crippen LogP contribution >= 0.6 is 0 Å². The van der Waals surface area contributed by atoms with Crippen LogP contribution in [0.4, 0.5) is 0 Å². The number of rotatable bonds is 1. The molecule has 24 heavy (non-hydrogen) atoms.